The molecule has 0 spiro atoms. The van der Waals surface area contributed by atoms with Crippen LogP contribution in [0.25, 0.3) is 0 Å². The predicted molar refractivity (Wildman–Crippen MR) is 67.5 cm³/mol. The molecule has 92 valence electrons. The smallest absolute Gasteiger partial charge is 0.186 e. The Morgan fingerprint density at radius 3 is 2.83 bits per heavy atom. The molecule has 1 aliphatic rings. The number of anilines is 2. The Hall–Kier alpha value is -2.17. The molecule has 0 saturated heterocycles. The van der Waals surface area contributed by atoms with Gasteiger partial charge < -0.3 is 10.6 Å². The second-order valence-corrected chi connectivity index (χ2v) is 4.48. The second-order valence-electron chi connectivity index (χ2n) is 4.48. The first-order valence-electron chi connectivity index (χ1n) is 5.74. The molecule has 0 aliphatic carbocycles. The van der Waals surface area contributed by atoms with Crippen LogP contribution in [0.3, 0.4) is 0 Å². The number of nitrogens with zero attached hydrogens (tertiary/aromatic N) is 3. The van der Waals surface area contributed by atoms with Crippen LogP contribution < -0.4 is 10.6 Å². The molecule has 1 aromatic heterocycles. The fourth-order valence-corrected chi connectivity index (χ4v) is 2.23. The molecule has 0 atom stereocenters. The summed E-state index contributed by atoms with van der Waals surface area (Å²) in [4.78, 5) is 9.77. The molecule has 0 saturated carbocycles. The van der Waals surface area contributed by atoms with Crippen molar-refractivity contribution in [3.05, 3.63) is 47.2 Å². The summed E-state index contributed by atoms with van der Waals surface area (Å²) in [5, 5.41) is 0. The monoisotopic (exact) mass is 244 g/mol. The van der Waals surface area contributed by atoms with E-state index >= 15 is 0 Å². The van der Waals surface area contributed by atoms with Gasteiger partial charge in [-0.1, -0.05) is 6.07 Å². The van der Waals surface area contributed by atoms with Crippen molar-refractivity contribution < 1.29 is 4.39 Å². The van der Waals surface area contributed by atoms with Crippen molar-refractivity contribution >= 4 is 11.5 Å². The summed E-state index contributed by atoms with van der Waals surface area (Å²) in [6, 6.07) is 5.78. The minimum absolute atomic E-state index is 0.349. The van der Waals surface area contributed by atoms with E-state index in [0.717, 1.165) is 11.3 Å². The number of hydrogen-bond donors (Lipinski definition) is 1. The molecule has 0 bridgehead atoms. The lowest BCUT2D eigenvalue weighted by atomic mass is 10.1. The van der Waals surface area contributed by atoms with E-state index in [2.05, 4.69) is 9.97 Å². The number of nitrogen functional groups attached to an aromatic ring is 1. The van der Waals surface area contributed by atoms with E-state index in [-0.39, 0.29) is 5.82 Å². The molecule has 0 amide bonds. The number of halogens is 1. The molecular formula is C13H13FN4. The molecular weight excluding hydrogens is 231 g/mol. The average Bonchev–Trinajstić information content (AvgIpc) is 2.75. The highest BCUT2D eigenvalue weighted by atomic mass is 19.1. The quantitative estimate of drug-likeness (QED) is 0.780. The topological polar surface area (TPSA) is 55.0 Å². The number of rotatable bonds is 1. The Balaban J connectivity index is 1.96. The van der Waals surface area contributed by atoms with Crippen molar-refractivity contribution in [1.29, 1.82) is 0 Å². The van der Waals surface area contributed by atoms with Gasteiger partial charge in [0.2, 0.25) is 0 Å². The third-order valence-corrected chi connectivity index (χ3v) is 3.20. The largest absolute Gasteiger partial charge is 0.399 e. The highest BCUT2D eigenvalue weighted by molar-refractivity contribution is 5.53. The van der Waals surface area contributed by atoms with Gasteiger partial charge >= 0.3 is 0 Å². The molecule has 0 unspecified atom stereocenters. The molecule has 2 N–H and O–H groups in total. The zero-order valence-electron chi connectivity index (χ0n) is 10.0. The first-order valence-corrected chi connectivity index (χ1v) is 5.74. The van der Waals surface area contributed by atoms with Crippen molar-refractivity contribution in [2.75, 3.05) is 10.6 Å². The van der Waals surface area contributed by atoms with Crippen LogP contribution in [0.5, 0.6) is 0 Å². The van der Waals surface area contributed by atoms with Gasteiger partial charge in [-0.3, -0.25) is 0 Å². The Morgan fingerprint density at radius 1 is 1.22 bits per heavy atom. The Morgan fingerprint density at radius 2 is 2.00 bits per heavy atom. The van der Waals surface area contributed by atoms with Crippen LogP contribution in [-0.4, -0.2) is 9.97 Å². The highest BCUT2D eigenvalue weighted by Gasteiger charge is 2.23. The summed E-state index contributed by atoms with van der Waals surface area (Å²) < 4.78 is 14.0. The maximum Gasteiger partial charge on any atom is 0.186 e. The summed E-state index contributed by atoms with van der Waals surface area (Å²) in [6.07, 6.45) is 1.39. The maximum atomic E-state index is 14.0. The minimum Gasteiger partial charge on any atom is -0.399 e. The normalized spacial score (nSPS) is 13.8. The van der Waals surface area contributed by atoms with Gasteiger partial charge in [0.05, 0.1) is 5.69 Å². The third-order valence-electron chi connectivity index (χ3n) is 3.20. The van der Waals surface area contributed by atoms with Gasteiger partial charge in [0.1, 0.15) is 6.33 Å². The molecule has 4 nitrogen and oxygen atoms in total. The second kappa shape index (κ2) is 3.94. The minimum atomic E-state index is -0.349. The predicted octanol–water partition coefficient (Wildman–Crippen LogP) is 2.03. The van der Waals surface area contributed by atoms with Gasteiger partial charge in [0, 0.05) is 18.8 Å². The van der Waals surface area contributed by atoms with E-state index in [1.165, 1.54) is 11.9 Å². The van der Waals surface area contributed by atoms with Crippen LogP contribution >= 0.6 is 0 Å². The summed E-state index contributed by atoms with van der Waals surface area (Å²) >= 11 is 0. The van der Waals surface area contributed by atoms with Gasteiger partial charge in [0.25, 0.3) is 0 Å². The highest BCUT2D eigenvalue weighted by Crippen LogP contribution is 2.29. The van der Waals surface area contributed by atoms with Crippen molar-refractivity contribution in [3.63, 3.8) is 0 Å². The standard InChI is InChI=1S/C13H13FN4/c1-8-12(14)13(17-7-16-8)18-5-9-2-3-11(15)4-10(9)6-18/h2-4,7H,5-6,15H2,1H3. The van der Waals surface area contributed by atoms with Gasteiger partial charge in [-0.25, -0.2) is 14.4 Å². The van der Waals surface area contributed by atoms with Crippen LogP contribution in [0.4, 0.5) is 15.9 Å². The molecule has 2 heterocycles. The Labute approximate surface area is 104 Å². The van der Waals surface area contributed by atoms with Crippen LogP contribution in [-0.2, 0) is 13.1 Å². The molecule has 1 aromatic carbocycles. The molecule has 5 heteroatoms. The SMILES string of the molecule is Cc1ncnc(N2Cc3ccc(N)cc3C2)c1F. The molecule has 18 heavy (non-hydrogen) atoms. The maximum absolute atomic E-state index is 14.0. The molecule has 2 aromatic rings. The number of benzene rings is 1. The zero-order valence-corrected chi connectivity index (χ0v) is 10.0. The number of fused-ring (bicyclic) bond motifs is 1. The van der Waals surface area contributed by atoms with E-state index in [1.807, 2.05) is 23.1 Å². The number of hydrogen-bond acceptors (Lipinski definition) is 4. The van der Waals surface area contributed by atoms with E-state index in [0.29, 0.717) is 24.6 Å². The van der Waals surface area contributed by atoms with E-state index < -0.39 is 0 Å². The van der Waals surface area contributed by atoms with Crippen molar-refractivity contribution in [3.8, 4) is 0 Å². The number of aromatic nitrogens is 2. The van der Waals surface area contributed by atoms with E-state index in [9.17, 15) is 4.39 Å². The average molecular weight is 244 g/mol. The van der Waals surface area contributed by atoms with Crippen LogP contribution in [0.1, 0.15) is 16.8 Å². The fourth-order valence-electron chi connectivity index (χ4n) is 2.23. The number of aryl methyl sites for hydroxylation is 1. The van der Waals surface area contributed by atoms with Gasteiger partial charge in [-0.05, 0) is 30.2 Å². The fraction of sp³-hybridized carbons (Fsp3) is 0.231. The van der Waals surface area contributed by atoms with Crippen molar-refractivity contribution in [1.82, 2.24) is 9.97 Å². The summed E-state index contributed by atoms with van der Waals surface area (Å²) in [5.74, 6) is 0.00977. The van der Waals surface area contributed by atoms with Crippen LogP contribution in [0.2, 0.25) is 0 Å². The van der Waals surface area contributed by atoms with Crippen molar-refractivity contribution in [2.45, 2.75) is 20.0 Å². The molecule has 1 aliphatic heterocycles. The molecule has 0 radical (unpaired) electrons. The van der Waals surface area contributed by atoms with Gasteiger partial charge in [0.15, 0.2) is 11.6 Å². The summed E-state index contributed by atoms with van der Waals surface area (Å²) in [6.45, 7) is 2.93. The van der Waals surface area contributed by atoms with Crippen LogP contribution in [0.15, 0.2) is 24.5 Å². The number of nitrogens with two attached hydrogens (primary N) is 1. The molecule has 0 fully saturated rings. The summed E-state index contributed by atoms with van der Waals surface area (Å²) in [7, 11) is 0. The Bertz CT molecular complexity index is 612. The lowest BCUT2D eigenvalue weighted by molar-refractivity contribution is 0.592. The van der Waals surface area contributed by atoms with E-state index in [4.69, 9.17) is 5.73 Å². The zero-order chi connectivity index (χ0) is 12.7. The van der Waals surface area contributed by atoms with Gasteiger partial charge in [-0.15, -0.1) is 0 Å². The first kappa shape index (κ1) is 11.0. The lowest BCUT2D eigenvalue weighted by Crippen LogP contribution is -2.18. The summed E-state index contributed by atoms with van der Waals surface area (Å²) in [5.41, 5.74) is 9.15. The third kappa shape index (κ3) is 1.68. The van der Waals surface area contributed by atoms with Gasteiger partial charge in [-0.2, -0.15) is 0 Å². The van der Waals surface area contributed by atoms with Crippen molar-refractivity contribution in [2.24, 2.45) is 0 Å². The molecule has 3 rings (SSSR count). The van der Waals surface area contributed by atoms with Crippen LogP contribution in [0, 0.1) is 12.7 Å². The first-order chi connectivity index (χ1) is 8.65. The Kier molecular flexibility index (Phi) is 2.40. The van der Waals surface area contributed by atoms with E-state index in [1.54, 1.807) is 6.92 Å². The lowest BCUT2D eigenvalue weighted by Gasteiger charge is -2.17.